The van der Waals surface area contributed by atoms with Crippen LogP contribution in [0.15, 0.2) is 42.1 Å². The Labute approximate surface area is 185 Å². The zero-order chi connectivity index (χ0) is 23.2. The molecule has 3 N–H and O–H groups in total. The number of hydrogen-bond donors (Lipinski definition) is 3. The summed E-state index contributed by atoms with van der Waals surface area (Å²) >= 11 is 0. The number of ether oxygens (including phenoxy) is 1. The van der Waals surface area contributed by atoms with E-state index in [0.29, 0.717) is 0 Å². The molecule has 1 atom stereocenters. The molecular formula is C25H35N3O3. The van der Waals surface area contributed by atoms with Crippen molar-refractivity contribution >= 4 is 29.0 Å². The number of allylic oxidation sites excluding steroid dienone is 2. The number of aromatic amines is 1. The van der Waals surface area contributed by atoms with Gasteiger partial charge in [0.05, 0.1) is 0 Å². The number of alkyl carbamates (subject to hydrolysis) is 1. The van der Waals surface area contributed by atoms with Crippen LogP contribution in [0.25, 0.3) is 17.0 Å². The molecule has 2 aromatic rings. The van der Waals surface area contributed by atoms with E-state index in [2.05, 4.69) is 41.6 Å². The van der Waals surface area contributed by atoms with Crippen LogP contribution in [-0.4, -0.2) is 28.6 Å². The molecule has 0 spiro atoms. The van der Waals surface area contributed by atoms with Crippen molar-refractivity contribution in [3.05, 3.63) is 53.4 Å². The van der Waals surface area contributed by atoms with Gasteiger partial charge in [-0.25, -0.2) is 4.79 Å². The summed E-state index contributed by atoms with van der Waals surface area (Å²) in [6, 6.07) is 7.38. The number of rotatable bonds is 7. The fourth-order valence-electron chi connectivity index (χ4n) is 3.14. The van der Waals surface area contributed by atoms with E-state index in [-0.39, 0.29) is 11.8 Å². The summed E-state index contributed by atoms with van der Waals surface area (Å²) < 4.78 is 5.28. The minimum absolute atomic E-state index is 0.0952. The molecule has 0 fully saturated rings. The first kappa shape index (κ1) is 24.3. The summed E-state index contributed by atoms with van der Waals surface area (Å²) in [6.07, 6.45) is 5.87. The Hall–Kier alpha value is -3.02. The number of aromatic nitrogens is 1. The van der Waals surface area contributed by atoms with E-state index < -0.39 is 17.7 Å². The van der Waals surface area contributed by atoms with E-state index >= 15 is 0 Å². The quantitative estimate of drug-likeness (QED) is 0.526. The summed E-state index contributed by atoms with van der Waals surface area (Å²) in [5.74, 6) is -0.384. The molecule has 0 unspecified atom stereocenters. The molecule has 6 nitrogen and oxygen atoms in total. The standard InChI is InChI=1S/C25H35N3O3/c1-16(2)12-13-21-19(18-10-8-9-11-20(18)27-21)14-15-26-23(29)22(17(3)4)28-24(30)31-25(5,6)7/h8-12,14-15,17,22,27H,13H2,1-7H3,(H,26,29)(H,28,30)/b15-14+/t22-/m0/s1. The summed E-state index contributed by atoms with van der Waals surface area (Å²) in [4.78, 5) is 28.3. The molecular weight excluding hydrogens is 390 g/mol. The van der Waals surface area contributed by atoms with E-state index in [1.807, 2.05) is 38.1 Å². The molecule has 31 heavy (non-hydrogen) atoms. The molecule has 2 rings (SSSR count). The topological polar surface area (TPSA) is 83.2 Å². The number of H-pyrrole nitrogens is 1. The van der Waals surface area contributed by atoms with Gasteiger partial charge in [-0.05, 0) is 52.7 Å². The second kappa shape index (κ2) is 10.3. The van der Waals surface area contributed by atoms with Crippen LogP contribution in [0.3, 0.4) is 0 Å². The van der Waals surface area contributed by atoms with Crippen molar-refractivity contribution in [3.63, 3.8) is 0 Å². The third-order valence-electron chi connectivity index (χ3n) is 4.64. The first-order valence-electron chi connectivity index (χ1n) is 10.7. The van der Waals surface area contributed by atoms with Crippen molar-refractivity contribution in [2.75, 3.05) is 0 Å². The van der Waals surface area contributed by atoms with Gasteiger partial charge in [0, 0.05) is 34.8 Å². The second-order valence-electron chi connectivity index (χ2n) is 9.26. The lowest BCUT2D eigenvalue weighted by atomic mass is 10.0. The predicted octanol–water partition coefficient (Wildman–Crippen LogP) is 5.31. The maximum absolute atomic E-state index is 12.7. The number of carbonyl (C=O) groups excluding carboxylic acids is 2. The summed E-state index contributed by atoms with van der Waals surface area (Å²) in [6.45, 7) is 13.3. The fraction of sp³-hybridized carbons (Fsp3) is 0.440. The van der Waals surface area contributed by atoms with Crippen molar-refractivity contribution < 1.29 is 14.3 Å². The monoisotopic (exact) mass is 425 g/mol. The van der Waals surface area contributed by atoms with Crippen LogP contribution in [0.1, 0.15) is 59.7 Å². The average molecular weight is 426 g/mol. The van der Waals surface area contributed by atoms with Crippen molar-refractivity contribution in [3.8, 4) is 0 Å². The smallest absolute Gasteiger partial charge is 0.408 e. The molecule has 1 aromatic carbocycles. The normalized spacial score (nSPS) is 12.8. The van der Waals surface area contributed by atoms with Gasteiger partial charge in [-0.1, -0.05) is 43.7 Å². The molecule has 1 heterocycles. The lowest BCUT2D eigenvalue weighted by Crippen LogP contribution is -2.49. The fourth-order valence-corrected chi connectivity index (χ4v) is 3.14. The highest BCUT2D eigenvalue weighted by atomic mass is 16.6. The van der Waals surface area contributed by atoms with Crippen LogP contribution in [-0.2, 0) is 16.0 Å². The number of carbonyl (C=O) groups is 2. The van der Waals surface area contributed by atoms with Crippen molar-refractivity contribution in [2.45, 2.75) is 66.5 Å². The Morgan fingerprint density at radius 2 is 1.84 bits per heavy atom. The zero-order valence-corrected chi connectivity index (χ0v) is 19.6. The maximum Gasteiger partial charge on any atom is 0.408 e. The van der Waals surface area contributed by atoms with Gasteiger partial charge >= 0.3 is 6.09 Å². The molecule has 0 aliphatic rings. The van der Waals surface area contributed by atoms with Gasteiger partial charge in [0.1, 0.15) is 11.6 Å². The van der Waals surface area contributed by atoms with Gasteiger partial charge < -0.3 is 20.4 Å². The Kier molecular flexibility index (Phi) is 8.08. The number of amides is 2. The molecule has 0 aliphatic carbocycles. The van der Waals surface area contributed by atoms with Crippen LogP contribution in [0, 0.1) is 5.92 Å². The van der Waals surface area contributed by atoms with Crippen LogP contribution >= 0.6 is 0 Å². The van der Waals surface area contributed by atoms with E-state index in [9.17, 15) is 9.59 Å². The second-order valence-corrected chi connectivity index (χ2v) is 9.26. The zero-order valence-electron chi connectivity index (χ0n) is 19.6. The van der Waals surface area contributed by atoms with Crippen LogP contribution in [0.5, 0.6) is 0 Å². The van der Waals surface area contributed by atoms with E-state index in [1.165, 1.54) is 5.57 Å². The third kappa shape index (κ3) is 7.31. The molecule has 168 valence electrons. The van der Waals surface area contributed by atoms with Crippen LogP contribution in [0.2, 0.25) is 0 Å². The maximum atomic E-state index is 12.7. The van der Waals surface area contributed by atoms with E-state index in [0.717, 1.165) is 28.6 Å². The van der Waals surface area contributed by atoms with Gasteiger partial charge in [-0.3, -0.25) is 4.79 Å². The number of nitrogens with one attached hydrogen (secondary N) is 3. The first-order chi connectivity index (χ1) is 14.5. The minimum atomic E-state index is -0.701. The average Bonchev–Trinajstić information content (AvgIpc) is 3.00. The number of benzene rings is 1. The predicted molar refractivity (Wildman–Crippen MR) is 127 cm³/mol. The number of hydrogen-bond acceptors (Lipinski definition) is 3. The van der Waals surface area contributed by atoms with Gasteiger partial charge in [-0.15, -0.1) is 0 Å². The largest absolute Gasteiger partial charge is 0.444 e. The van der Waals surface area contributed by atoms with Gasteiger partial charge in [0.15, 0.2) is 0 Å². The highest BCUT2D eigenvalue weighted by Gasteiger charge is 2.26. The lowest BCUT2D eigenvalue weighted by Gasteiger charge is -2.24. The Morgan fingerprint density at radius 3 is 2.45 bits per heavy atom. The molecule has 0 aliphatic heterocycles. The number of para-hydroxylation sites is 1. The van der Waals surface area contributed by atoms with E-state index in [4.69, 9.17) is 4.74 Å². The summed E-state index contributed by atoms with van der Waals surface area (Å²) in [5, 5.41) is 6.57. The Bertz CT molecular complexity index is 974. The molecule has 0 bridgehead atoms. The summed E-state index contributed by atoms with van der Waals surface area (Å²) in [5.41, 5.74) is 3.79. The molecule has 0 saturated heterocycles. The molecule has 1 aromatic heterocycles. The van der Waals surface area contributed by atoms with E-state index in [1.54, 1.807) is 27.0 Å². The molecule has 6 heteroatoms. The highest BCUT2D eigenvalue weighted by molar-refractivity contribution is 5.92. The first-order valence-corrected chi connectivity index (χ1v) is 10.7. The molecule has 2 amide bonds. The molecule has 0 radical (unpaired) electrons. The molecule has 0 saturated carbocycles. The third-order valence-corrected chi connectivity index (χ3v) is 4.64. The van der Waals surface area contributed by atoms with Gasteiger partial charge in [0.2, 0.25) is 5.91 Å². The lowest BCUT2D eigenvalue weighted by molar-refractivity contribution is -0.123. The van der Waals surface area contributed by atoms with Gasteiger partial charge in [-0.2, -0.15) is 0 Å². The van der Waals surface area contributed by atoms with Crippen molar-refractivity contribution in [1.82, 2.24) is 15.6 Å². The summed E-state index contributed by atoms with van der Waals surface area (Å²) in [7, 11) is 0. The van der Waals surface area contributed by atoms with Crippen LogP contribution in [0.4, 0.5) is 4.79 Å². The Morgan fingerprint density at radius 1 is 1.16 bits per heavy atom. The Balaban J connectivity index is 2.16. The van der Waals surface area contributed by atoms with Crippen molar-refractivity contribution in [2.24, 2.45) is 5.92 Å². The van der Waals surface area contributed by atoms with Crippen molar-refractivity contribution in [1.29, 1.82) is 0 Å². The highest BCUT2D eigenvalue weighted by Crippen LogP contribution is 2.24. The number of fused-ring (bicyclic) bond motifs is 1. The van der Waals surface area contributed by atoms with Crippen LogP contribution < -0.4 is 10.6 Å². The minimum Gasteiger partial charge on any atom is -0.444 e. The SMILES string of the molecule is CC(C)=CCc1[nH]c2ccccc2c1/C=C/NC(=O)[C@@H](NC(=O)OC(C)(C)C)C(C)C. The van der Waals surface area contributed by atoms with Gasteiger partial charge in [0.25, 0.3) is 0 Å².